The summed E-state index contributed by atoms with van der Waals surface area (Å²) in [5.74, 6) is -0.352. The number of rotatable bonds is 7. The molecule has 0 aliphatic rings. The van der Waals surface area contributed by atoms with Gasteiger partial charge in [-0.05, 0) is 38.5 Å². The van der Waals surface area contributed by atoms with Crippen molar-refractivity contribution in [2.45, 2.75) is 39.9 Å². The molecule has 0 spiro atoms. The Morgan fingerprint density at radius 1 is 1.39 bits per heavy atom. The van der Waals surface area contributed by atoms with Gasteiger partial charge in [0.2, 0.25) is 5.01 Å². The molecule has 124 valence electrons. The van der Waals surface area contributed by atoms with Crippen LogP contribution in [0.2, 0.25) is 5.02 Å². The average molecular weight is 353 g/mol. The van der Waals surface area contributed by atoms with Crippen molar-refractivity contribution < 1.29 is 9.53 Å². The Kier molecular flexibility index (Phi) is 6.57. The molecule has 0 atom stereocenters. The van der Waals surface area contributed by atoms with Crippen molar-refractivity contribution in [1.82, 2.24) is 9.88 Å². The van der Waals surface area contributed by atoms with Crippen LogP contribution in [-0.2, 0) is 17.8 Å². The third-order valence-electron chi connectivity index (χ3n) is 3.37. The highest BCUT2D eigenvalue weighted by atomic mass is 35.5. The van der Waals surface area contributed by atoms with Gasteiger partial charge in [0, 0.05) is 29.5 Å². The van der Waals surface area contributed by atoms with Crippen LogP contribution in [-0.4, -0.2) is 28.5 Å². The predicted molar refractivity (Wildman–Crippen MR) is 93.9 cm³/mol. The lowest BCUT2D eigenvalue weighted by Gasteiger charge is -2.25. The van der Waals surface area contributed by atoms with Gasteiger partial charge in [0.15, 0.2) is 0 Å². The number of hydrogen-bond acceptors (Lipinski definition) is 5. The smallest absolute Gasteiger partial charge is 0.367 e. The summed E-state index contributed by atoms with van der Waals surface area (Å²) in [6.07, 6.45) is 0. The Balaban J connectivity index is 2.06. The largest absolute Gasteiger partial charge is 0.461 e. The fraction of sp³-hybridized carbons (Fsp3) is 0.412. The van der Waals surface area contributed by atoms with Crippen LogP contribution < -0.4 is 0 Å². The van der Waals surface area contributed by atoms with Crippen LogP contribution in [0, 0.1) is 0 Å². The van der Waals surface area contributed by atoms with Crippen molar-refractivity contribution >= 4 is 28.9 Å². The molecule has 0 saturated carbocycles. The van der Waals surface area contributed by atoms with Crippen molar-refractivity contribution in [2.24, 2.45) is 0 Å². The number of hydrogen-bond donors (Lipinski definition) is 0. The standard InChI is InChI=1S/C17H21ClN2O2S/c1-4-22-17(21)16-19-15(11-23-16)10-20(12(2)3)9-13-6-5-7-14(18)8-13/h5-8,11-12H,4,9-10H2,1-3H3. The van der Waals surface area contributed by atoms with Crippen LogP contribution in [0.25, 0.3) is 0 Å². The second-order valence-corrected chi connectivity index (χ2v) is 6.79. The Morgan fingerprint density at radius 3 is 2.83 bits per heavy atom. The lowest BCUT2D eigenvalue weighted by atomic mass is 10.2. The summed E-state index contributed by atoms with van der Waals surface area (Å²) < 4.78 is 4.98. The lowest BCUT2D eigenvalue weighted by Crippen LogP contribution is -2.30. The number of carbonyl (C=O) groups excluding carboxylic acids is 1. The maximum atomic E-state index is 11.7. The molecule has 0 saturated heterocycles. The summed E-state index contributed by atoms with van der Waals surface area (Å²) in [5.41, 5.74) is 2.04. The van der Waals surface area contributed by atoms with Crippen molar-refractivity contribution in [3.63, 3.8) is 0 Å². The second kappa shape index (κ2) is 8.43. The summed E-state index contributed by atoms with van der Waals surface area (Å²) in [4.78, 5) is 18.4. The fourth-order valence-corrected chi connectivity index (χ4v) is 3.08. The van der Waals surface area contributed by atoms with Gasteiger partial charge in [-0.3, -0.25) is 4.90 Å². The average Bonchev–Trinajstić information content (AvgIpc) is 2.95. The number of carbonyl (C=O) groups is 1. The number of nitrogens with zero attached hydrogens (tertiary/aromatic N) is 2. The van der Waals surface area contributed by atoms with Gasteiger partial charge in [0.05, 0.1) is 12.3 Å². The van der Waals surface area contributed by atoms with Gasteiger partial charge in [-0.25, -0.2) is 9.78 Å². The molecule has 1 heterocycles. The minimum Gasteiger partial charge on any atom is -0.461 e. The number of thiazole rings is 1. The van der Waals surface area contributed by atoms with E-state index in [4.69, 9.17) is 16.3 Å². The Morgan fingerprint density at radius 2 is 2.17 bits per heavy atom. The van der Waals surface area contributed by atoms with Crippen molar-refractivity contribution in [3.8, 4) is 0 Å². The normalized spacial score (nSPS) is 11.2. The molecule has 2 rings (SSSR count). The molecule has 0 aliphatic carbocycles. The van der Waals surface area contributed by atoms with Crippen LogP contribution >= 0.6 is 22.9 Å². The highest BCUT2D eigenvalue weighted by Crippen LogP contribution is 2.18. The van der Waals surface area contributed by atoms with Gasteiger partial charge < -0.3 is 4.74 Å². The number of halogens is 1. The summed E-state index contributed by atoms with van der Waals surface area (Å²) in [6, 6.07) is 8.21. The SMILES string of the molecule is CCOC(=O)c1nc(CN(Cc2cccc(Cl)c2)C(C)C)cs1. The summed E-state index contributed by atoms with van der Waals surface area (Å²) >= 11 is 7.38. The molecule has 4 nitrogen and oxygen atoms in total. The second-order valence-electron chi connectivity index (χ2n) is 5.49. The van der Waals surface area contributed by atoms with Crippen molar-refractivity contribution in [3.05, 3.63) is 50.9 Å². The first-order chi connectivity index (χ1) is 11.0. The van der Waals surface area contributed by atoms with Gasteiger partial charge >= 0.3 is 5.97 Å². The minimum absolute atomic E-state index is 0.349. The molecule has 6 heteroatoms. The van der Waals surface area contributed by atoms with Crippen molar-refractivity contribution in [2.75, 3.05) is 6.61 Å². The van der Waals surface area contributed by atoms with E-state index in [0.29, 0.717) is 24.2 Å². The molecule has 0 fully saturated rings. The van der Waals surface area contributed by atoms with Gasteiger partial charge in [0.25, 0.3) is 0 Å². The first kappa shape index (κ1) is 17.9. The van der Waals surface area contributed by atoms with Crippen LogP contribution in [0.5, 0.6) is 0 Å². The van der Waals surface area contributed by atoms with Crippen molar-refractivity contribution in [1.29, 1.82) is 0 Å². The van der Waals surface area contributed by atoms with E-state index in [1.165, 1.54) is 11.3 Å². The summed E-state index contributed by atoms with van der Waals surface area (Å²) in [7, 11) is 0. The molecular weight excluding hydrogens is 332 g/mol. The first-order valence-corrected chi connectivity index (χ1v) is 8.85. The number of benzene rings is 1. The number of esters is 1. The predicted octanol–water partition coefficient (Wildman–Crippen LogP) is 4.38. The summed E-state index contributed by atoms with van der Waals surface area (Å²) in [5, 5.41) is 3.07. The molecule has 2 aromatic rings. The Hall–Kier alpha value is -1.43. The quantitative estimate of drug-likeness (QED) is 0.693. The third kappa shape index (κ3) is 5.30. The Bertz CT molecular complexity index is 658. The third-order valence-corrected chi connectivity index (χ3v) is 4.48. The molecule has 0 bridgehead atoms. The van der Waals surface area contributed by atoms with E-state index in [1.54, 1.807) is 6.92 Å². The van der Waals surface area contributed by atoms with Gasteiger partial charge in [-0.15, -0.1) is 11.3 Å². The van der Waals surface area contributed by atoms with Gasteiger partial charge in [0.1, 0.15) is 0 Å². The lowest BCUT2D eigenvalue weighted by molar-refractivity contribution is 0.0525. The zero-order chi connectivity index (χ0) is 16.8. The van der Waals surface area contributed by atoms with Gasteiger partial charge in [-0.1, -0.05) is 23.7 Å². The molecular formula is C17H21ClN2O2S. The maximum Gasteiger partial charge on any atom is 0.367 e. The molecule has 0 N–H and O–H groups in total. The topological polar surface area (TPSA) is 42.4 Å². The van der Waals surface area contributed by atoms with E-state index in [-0.39, 0.29) is 5.97 Å². The van der Waals surface area contributed by atoms with E-state index in [2.05, 4.69) is 29.8 Å². The number of aromatic nitrogens is 1. The van der Waals surface area contributed by atoms with E-state index in [0.717, 1.165) is 22.8 Å². The van der Waals surface area contributed by atoms with Crippen LogP contribution in [0.4, 0.5) is 0 Å². The van der Waals surface area contributed by atoms with Crippen LogP contribution in [0.15, 0.2) is 29.6 Å². The highest BCUT2D eigenvalue weighted by molar-refractivity contribution is 7.11. The Labute approximate surface area is 146 Å². The van der Waals surface area contributed by atoms with E-state index in [1.807, 2.05) is 23.6 Å². The molecule has 0 aliphatic heterocycles. The van der Waals surface area contributed by atoms with Crippen LogP contribution in [0.1, 0.15) is 41.8 Å². The minimum atomic E-state index is -0.352. The molecule has 0 radical (unpaired) electrons. The zero-order valence-electron chi connectivity index (χ0n) is 13.6. The molecule has 1 aromatic heterocycles. The van der Waals surface area contributed by atoms with E-state index < -0.39 is 0 Å². The summed E-state index contributed by atoms with van der Waals surface area (Å²) in [6.45, 7) is 7.90. The zero-order valence-corrected chi connectivity index (χ0v) is 15.2. The monoisotopic (exact) mass is 352 g/mol. The molecule has 0 unspecified atom stereocenters. The first-order valence-electron chi connectivity index (χ1n) is 7.59. The fourth-order valence-electron chi connectivity index (χ4n) is 2.17. The maximum absolute atomic E-state index is 11.7. The molecule has 1 aromatic carbocycles. The van der Waals surface area contributed by atoms with Gasteiger partial charge in [-0.2, -0.15) is 0 Å². The number of ether oxygens (including phenoxy) is 1. The molecule has 0 amide bonds. The highest BCUT2D eigenvalue weighted by Gasteiger charge is 2.16. The molecule has 23 heavy (non-hydrogen) atoms. The van der Waals surface area contributed by atoms with Crippen LogP contribution in [0.3, 0.4) is 0 Å². The van der Waals surface area contributed by atoms with E-state index in [9.17, 15) is 4.79 Å². The van der Waals surface area contributed by atoms with E-state index >= 15 is 0 Å².